The zero-order valence-corrected chi connectivity index (χ0v) is 16.8. The van der Waals surface area contributed by atoms with Crippen LogP contribution in [0.4, 0.5) is 11.4 Å². The lowest BCUT2D eigenvalue weighted by molar-refractivity contribution is -0.120. The molecule has 0 aromatic heterocycles. The molecule has 2 amide bonds. The van der Waals surface area contributed by atoms with E-state index in [0.717, 1.165) is 37.0 Å². The lowest BCUT2D eigenvalue weighted by Gasteiger charge is -2.20. The molecule has 1 fully saturated rings. The fourth-order valence-electron chi connectivity index (χ4n) is 3.48. The second-order valence-corrected chi connectivity index (χ2v) is 7.23. The Morgan fingerprint density at radius 2 is 1.69 bits per heavy atom. The van der Waals surface area contributed by atoms with E-state index in [1.807, 2.05) is 43.3 Å². The predicted octanol–water partition coefficient (Wildman–Crippen LogP) is 5.26. The maximum Gasteiger partial charge on any atom is 0.248 e. The van der Waals surface area contributed by atoms with Gasteiger partial charge in [-0.2, -0.15) is 0 Å². The highest BCUT2D eigenvalue weighted by atomic mass is 16.5. The fourth-order valence-corrected chi connectivity index (χ4v) is 3.48. The first-order valence-electron chi connectivity index (χ1n) is 10.3. The van der Waals surface area contributed by atoms with Crippen LogP contribution < -0.4 is 15.4 Å². The van der Waals surface area contributed by atoms with Crippen LogP contribution in [0.2, 0.25) is 0 Å². The third-order valence-electron chi connectivity index (χ3n) is 4.99. The minimum atomic E-state index is -0.227. The maximum absolute atomic E-state index is 12.4. The van der Waals surface area contributed by atoms with E-state index < -0.39 is 0 Å². The van der Waals surface area contributed by atoms with Gasteiger partial charge < -0.3 is 15.4 Å². The second kappa shape index (κ2) is 10.5. The van der Waals surface area contributed by atoms with E-state index in [2.05, 4.69) is 10.6 Å². The van der Waals surface area contributed by atoms with Crippen LogP contribution in [-0.2, 0) is 9.59 Å². The van der Waals surface area contributed by atoms with Crippen molar-refractivity contribution in [3.63, 3.8) is 0 Å². The van der Waals surface area contributed by atoms with Crippen molar-refractivity contribution in [1.82, 2.24) is 0 Å². The Labute approximate surface area is 172 Å². The van der Waals surface area contributed by atoms with Crippen LogP contribution in [0.5, 0.6) is 5.75 Å². The molecule has 1 saturated carbocycles. The van der Waals surface area contributed by atoms with Crippen molar-refractivity contribution in [1.29, 1.82) is 0 Å². The van der Waals surface area contributed by atoms with Crippen molar-refractivity contribution in [3.8, 4) is 5.75 Å². The van der Waals surface area contributed by atoms with Gasteiger partial charge >= 0.3 is 0 Å². The number of hydrogen-bond donors (Lipinski definition) is 2. The number of amides is 2. The highest BCUT2D eigenvalue weighted by Gasteiger charge is 2.21. The average Bonchev–Trinajstić information content (AvgIpc) is 2.74. The van der Waals surface area contributed by atoms with Gasteiger partial charge in [0.1, 0.15) is 5.75 Å². The molecule has 2 aromatic rings. The highest BCUT2D eigenvalue weighted by Crippen LogP contribution is 2.25. The first-order chi connectivity index (χ1) is 14.1. The monoisotopic (exact) mass is 392 g/mol. The van der Waals surface area contributed by atoms with Crippen molar-refractivity contribution < 1.29 is 14.3 Å². The number of rotatable bonds is 7. The summed E-state index contributed by atoms with van der Waals surface area (Å²) in [5, 5.41) is 5.81. The average molecular weight is 392 g/mol. The molecule has 2 N–H and O–H groups in total. The Hall–Kier alpha value is -3.08. The normalized spacial score (nSPS) is 14.5. The summed E-state index contributed by atoms with van der Waals surface area (Å²) in [6, 6.07) is 14.8. The number of anilines is 2. The summed E-state index contributed by atoms with van der Waals surface area (Å²) in [7, 11) is 0. The molecule has 0 heterocycles. The van der Waals surface area contributed by atoms with Crippen LogP contribution in [0.3, 0.4) is 0 Å². The third-order valence-corrected chi connectivity index (χ3v) is 4.99. The van der Waals surface area contributed by atoms with Crippen LogP contribution in [-0.4, -0.2) is 18.4 Å². The summed E-state index contributed by atoms with van der Waals surface area (Å²) in [5.74, 6) is 0.749. The van der Waals surface area contributed by atoms with Gasteiger partial charge in [-0.05, 0) is 61.7 Å². The van der Waals surface area contributed by atoms with Gasteiger partial charge in [-0.15, -0.1) is 0 Å². The van der Waals surface area contributed by atoms with E-state index in [4.69, 9.17) is 4.74 Å². The molecule has 152 valence electrons. The Morgan fingerprint density at radius 3 is 2.38 bits per heavy atom. The topological polar surface area (TPSA) is 67.4 Å². The van der Waals surface area contributed by atoms with Gasteiger partial charge in [0.2, 0.25) is 11.8 Å². The predicted molar refractivity (Wildman–Crippen MR) is 117 cm³/mol. The largest absolute Gasteiger partial charge is 0.494 e. The molecule has 0 saturated heterocycles. The summed E-state index contributed by atoms with van der Waals surface area (Å²) < 4.78 is 5.41. The molecule has 0 atom stereocenters. The van der Waals surface area contributed by atoms with Crippen LogP contribution in [0.1, 0.15) is 44.6 Å². The van der Waals surface area contributed by atoms with E-state index in [9.17, 15) is 9.59 Å². The Morgan fingerprint density at radius 1 is 1.00 bits per heavy atom. The molecule has 2 aromatic carbocycles. The number of ether oxygens (including phenoxy) is 1. The van der Waals surface area contributed by atoms with Gasteiger partial charge in [0.25, 0.3) is 0 Å². The molecular weight excluding hydrogens is 364 g/mol. The lowest BCUT2D eigenvalue weighted by Crippen LogP contribution is -2.24. The van der Waals surface area contributed by atoms with E-state index >= 15 is 0 Å². The molecule has 0 aliphatic heterocycles. The van der Waals surface area contributed by atoms with Crippen LogP contribution in [0.25, 0.3) is 6.08 Å². The molecule has 1 aliphatic rings. The highest BCUT2D eigenvalue weighted by molar-refractivity contribution is 6.02. The lowest BCUT2D eigenvalue weighted by atomic mass is 9.88. The molecule has 29 heavy (non-hydrogen) atoms. The minimum absolute atomic E-state index is 0.0728. The second-order valence-electron chi connectivity index (χ2n) is 7.23. The van der Waals surface area contributed by atoms with Crippen molar-refractivity contribution in [2.75, 3.05) is 17.2 Å². The molecular formula is C24H28N2O3. The summed E-state index contributed by atoms with van der Waals surface area (Å²) in [6.45, 7) is 2.56. The standard InChI is InChI=1S/C24H28N2O3/c1-2-29-22-14-11-18(12-15-22)13-16-23(27)25-20-9-6-10-21(17-20)26-24(28)19-7-4-3-5-8-19/h6,9-17,19H,2-5,7-8H2,1H3,(H,25,27)(H,26,28)/b16-13+. The Balaban J connectivity index is 1.54. The van der Waals surface area contributed by atoms with Gasteiger partial charge in [0.15, 0.2) is 0 Å². The smallest absolute Gasteiger partial charge is 0.248 e. The number of carbonyl (C=O) groups is 2. The summed E-state index contributed by atoms with van der Waals surface area (Å²) >= 11 is 0. The SMILES string of the molecule is CCOc1ccc(/C=C/C(=O)Nc2cccc(NC(=O)C3CCCCC3)c2)cc1. The van der Waals surface area contributed by atoms with Crippen LogP contribution in [0, 0.1) is 5.92 Å². The van der Waals surface area contributed by atoms with Gasteiger partial charge in [0.05, 0.1) is 6.61 Å². The van der Waals surface area contributed by atoms with E-state index in [1.165, 1.54) is 12.5 Å². The first kappa shape index (κ1) is 20.6. The van der Waals surface area contributed by atoms with E-state index in [0.29, 0.717) is 18.0 Å². The molecule has 3 rings (SSSR count). The molecule has 1 aliphatic carbocycles. The summed E-state index contributed by atoms with van der Waals surface area (Å²) in [6.07, 6.45) is 8.61. The number of hydrogen-bond acceptors (Lipinski definition) is 3. The Kier molecular flexibility index (Phi) is 7.45. The molecule has 5 nitrogen and oxygen atoms in total. The number of nitrogens with one attached hydrogen (secondary N) is 2. The zero-order valence-electron chi connectivity index (χ0n) is 16.8. The van der Waals surface area contributed by atoms with Gasteiger partial charge in [0, 0.05) is 23.4 Å². The zero-order chi connectivity index (χ0) is 20.5. The summed E-state index contributed by atoms with van der Waals surface area (Å²) in [5.41, 5.74) is 2.26. The summed E-state index contributed by atoms with van der Waals surface area (Å²) in [4.78, 5) is 24.6. The molecule has 0 spiro atoms. The molecule has 0 bridgehead atoms. The maximum atomic E-state index is 12.4. The molecule has 0 unspecified atom stereocenters. The molecule has 0 radical (unpaired) electrons. The Bertz CT molecular complexity index is 853. The van der Waals surface area contributed by atoms with Crippen molar-refractivity contribution >= 4 is 29.3 Å². The first-order valence-corrected chi connectivity index (χ1v) is 10.3. The van der Waals surface area contributed by atoms with Gasteiger partial charge in [-0.1, -0.05) is 37.5 Å². The van der Waals surface area contributed by atoms with E-state index in [-0.39, 0.29) is 17.7 Å². The quantitative estimate of drug-likeness (QED) is 0.632. The molecule has 5 heteroatoms. The fraction of sp³-hybridized carbons (Fsp3) is 0.333. The van der Waals surface area contributed by atoms with E-state index in [1.54, 1.807) is 18.2 Å². The van der Waals surface area contributed by atoms with Gasteiger partial charge in [-0.3, -0.25) is 9.59 Å². The number of carbonyl (C=O) groups excluding carboxylic acids is 2. The minimum Gasteiger partial charge on any atom is -0.494 e. The van der Waals surface area contributed by atoms with Crippen LogP contribution >= 0.6 is 0 Å². The van der Waals surface area contributed by atoms with Crippen LogP contribution in [0.15, 0.2) is 54.6 Å². The van der Waals surface area contributed by atoms with Crippen molar-refractivity contribution in [2.24, 2.45) is 5.92 Å². The van der Waals surface area contributed by atoms with Crippen molar-refractivity contribution in [3.05, 3.63) is 60.2 Å². The van der Waals surface area contributed by atoms with Crippen molar-refractivity contribution in [2.45, 2.75) is 39.0 Å². The third kappa shape index (κ3) is 6.49. The number of benzene rings is 2. The van der Waals surface area contributed by atoms with Gasteiger partial charge in [-0.25, -0.2) is 0 Å².